The smallest absolute Gasteiger partial charge is 0.219 e. The molecule has 10 heavy (non-hydrogen) atoms. The molecule has 0 aliphatic heterocycles. The van der Waals surface area contributed by atoms with Gasteiger partial charge in [0.05, 0.1) is 6.54 Å². The standard InChI is InChI=1S/C3H3F6N/c4-2(5,6)1-10-3(7,8)9/h10H,1H2. The maximum absolute atomic E-state index is 11.0. The Morgan fingerprint density at radius 2 is 1.30 bits per heavy atom. The molecule has 62 valence electrons. The van der Waals surface area contributed by atoms with Crippen molar-refractivity contribution in [3.05, 3.63) is 0 Å². The van der Waals surface area contributed by atoms with E-state index in [1.54, 1.807) is 0 Å². The van der Waals surface area contributed by atoms with Crippen LogP contribution >= 0.6 is 0 Å². The van der Waals surface area contributed by atoms with Crippen LogP contribution in [0.15, 0.2) is 0 Å². The first-order chi connectivity index (χ1) is 4.21. The Morgan fingerprint density at radius 3 is 1.40 bits per heavy atom. The van der Waals surface area contributed by atoms with Gasteiger partial charge in [0.2, 0.25) is 0 Å². The second kappa shape index (κ2) is 2.65. The Bertz CT molecular complexity index is 86.5. The molecule has 0 bridgehead atoms. The van der Waals surface area contributed by atoms with Gasteiger partial charge in [0, 0.05) is 0 Å². The maximum Gasteiger partial charge on any atom is 0.457 e. The molecule has 0 unspecified atom stereocenters. The number of hydrogen-bond donors (Lipinski definition) is 1. The fraction of sp³-hybridized carbons (Fsp3) is 1.00. The van der Waals surface area contributed by atoms with E-state index in [0.717, 1.165) is 0 Å². The summed E-state index contributed by atoms with van der Waals surface area (Å²) < 4.78 is 66.0. The number of nitrogens with one attached hydrogen (secondary N) is 1. The molecule has 7 heteroatoms. The minimum absolute atomic E-state index is 0.337. The van der Waals surface area contributed by atoms with E-state index < -0.39 is 19.0 Å². The van der Waals surface area contributed by atoms with Crippen molar-refractivity contribution in [2.45, 2.75) is 12.5 Å². The van der Waals surface area contributed by atoms with Crippen LogP contribution in [-0.2, 0) is 0 Å². The summed E-state index contributed by atoms with van der Waals surface area (Å²) >= 11 is 0. The molecule has 0 aliphatic carbocycles. The monoisotopic (exact) mass is 167 g/mol. The molecule has 1 N–H and O–H groups in total. The second-order valence-corrected chi connectivity index (χ2v) is 1.47. The first-order valence-corrected chi connectivity index (χ1v) is 2.09. The Kier molecular flexibility index (Phi) is 2.53. The molecule has 0 fully saturated rings. The summed E-state index contributed by atoms with van der Waals surface area (Å²) in [6, 6.07) is 0. The van der Waals surface area contributed by atoms with Crippen LogP contribution in [0.3, 0.4) is 0 Å². The topological polar surface area (TPSA) is 12.0 Å². The SMILES string of the molecule is FC(F)(F)CNC(F)(F)F. The Balaban J connectivity index is 3.56. The predicted octanol–water partition coefficient (Wildman–Crippen LogP) is 1.66. The van der Waals surface area contributed by atoms with Crippen molar-refractivity contribution in [3.63, 3.8) is 0 Å². The third-order valence-electron chi connectivity index (χ3n) is 0.489. The fourth-order valence-corrected chi connectivity index (χ4v) is 0.200. The van der Waals surface area contributed by atoms with Crippen molar-refractivity contribution >= 4 is 0 Å². The molecule has 0 spiro atoms. The minimum atomic E-state index is -4.96. The van der Waals surface area contributed by atoms with Crippen LogP contribution in [0, 0.1) is 0 Å². The molecular weight excluding hydrogens is 164 g/mol. The number of hydrogen-bond acceptors (Lipinski definition) is 1. The van der Waals surface area contributed by atoms with Crippen molar-refractivity contribution in [2.75, 3.05) is 6.54 Å². The minimum Gasteiger partial charge on any atom is -0.219 e. The Hall–Kier alpha value is -0.460. The van der Waals surface area contributed by atoms with Gasteiger partial charge in [-0.2, -0.15) is 26.3 Å². The molecule has 0 aromatic carbocycles. The van der Waals surface area contributed by atoms with Gasteiger partial charge < -0.3 is 0 Å². The predicted molar refractivity (Wildman–Crippen MR) is 20.1 cm³/mol. The summed E-state index contributed by atoms with van der Waals surface area (Å²) in [5.41, 5.74) is 0. The molecule has 0 rings (SSSR count). The van der Waals surface area contributed by atoms with Gasteiger partial charge in [-0.25, -0.2) is 5.32 Å². The third-order valence-corrected chi connectivity index (χ3v) is 0.489. The number of rotatable bonds is 1. The molecule has 0 saturated heterocycles. The van der Waals surface area contributed by atoms with Crippen LogP contribution in [-0.4, -0.2) is 19.0 Å². The van der Waals surface area contributed by atoms with Gasteiger partial charge in [0.25, 0.3) is 0 Å². The maximum atomic E-state index is 11.0. The highest BCUT2D eigenvalue weighted by molar-refractivity contribution is 4.56. The van der Waals surface area contributed by atoms with Crippen molar-refractivity contribution in [3.8, 4) is 0 Å². The van der Waals surface area contributed by atoms with Gasteiger partial charge in [0.15, 0.2) is 0 Å². The highest BCUT2D eigenvalue weighted by Gasteiger charge is 2.35. The normalized spacial score (nSPS) is 13.8. The average Bonchev–Trinajstić information content (AvgIpc) is 1.57. The molecule has 1 nitrogen and oxygen atoms in total. The van der Waals surface area contributed by atoms with Gasteiger partial charge in [-0.05, 0) is 0 Å². The van der Waals surface area contributed by atoms with E-state index in [1.165, 1.54) is 0 Å². The zero-order valence-electron chi connectivity index (χ0n) is 4.47. The number of alkyl halides is 6. The largest absolute Gasteiger partial charge is 0.457 e. The molecular formula is C3H3F6N. The quantitative estimate of drug-likeness (QED) is 0.462. The molecule has 0 aliphatic rings. The van der Waals surface area contributed by atoms with Gasteiger partial charge in [-0.3, -0.25) is 0 Å². The van der Waals surface area contributed by atoms with Gasteiger partial charge in [0.1, 0.15) is 0 Å². The third kappa shape index (κ3) is 7.54. The molecule has 0 saturated carbocycles. The van der Waals surface area contributed by atoms with E-state index in [0.29, 0.717) is 5.32 Å². The summed E-state index contributed by atoms with van der Waals surface area (Å²) in [5.74, 6) is 0. The highest BCUT2D eigenvalue weighted by Crippen LogP contribution is 2.16. The highest BCUT2D eigenvalue weighted by atomic mass is 19.4. The van der Waals surface area contributed by atoms with Crippen LogP contribution < -0.4 is 5.32 Å². The average molecular weight is 167 g/mol. The molecule has 0 aromatic rings. The summed E-state index contributed by atoms with van der Waals surface area (Å²) in [7, 11) is 0. The van der Waals surface area contributed by atoms with Crippen molar-refractivity contribution in [2.24, 2.45) is 0 Å². The van der Waals surface area contributed by atoms with E-state index in [1.807, 2.05) is 0 Å². The summed E-state index contributed by atoms with van der Waals surface area (Å²) in [5, 5.41) is 0.337. The van der Waals surface area contributed by atoms with Crippen molar-refractivity contribution < 1.29 is 26.3 Å². The van der Waals surface area contributed by atoms with Crippen molar-refractivity contribution in [1.82, 2.24) is 5.32 Å². The lowest BCUT2D eigenvalue weighted by Crippen LogP contribution is -2.39. The summed E-state index contributed by atoms with van der Waals surface area (Å²) in [6.45, 7) is -2.05. The lowest BCUT2D eigenvalue weighted by atomic mass is 10.6. The molecule has 0 atom stereocenters. The fourth-order valence-electron chi connectivity index (χ4n) is 0.200. The van der Waals surface area contributed by atoms with Gasteiger partial charge >= 0.3 is 12.5 Å². The van der Waals surface area contributed by atoms with E-state index in [-0.39, 0.29) is 0 Å². The number of halogens is 6. The van der Waals surface area contributed by atoms with Crippen LogP contribution in [0.25, 0.3) is 0 Å². The van der Waals surface area contributed by atoms with E-state index in [2.05, 4.69) is 0 Å². The van der Waals surface area contributed by atoms with Crippen molar-refractivity contribution in [1.29, 1.82) is 0 Å². The van der Waals surface area contributed by atoms with Crippen LogP contribution in [0.2, 0.25) is 0 Å². The molecule has 0 radical (unpaired) electrons. The lowest BCUT2D eigenvalue weighted by molar-refractivity contribution is -0.192. The van der Waals surface area contributed by atoms with E-state index >= 15 is 0 Å². The molecule has 0 amide bonds. The first-order valence-electron chi connectivity index (χ1n) is 2.09. The van der Waals surface area contributed by atoms with Gasteiger partial charge in [-0.1, -0.05) is 0 Å². The molecule has 0 aromatic heterocycles. The van der Waals surface area contributed by atoms with Crippen LogP contribution in [0.5, 0.6) is 0 Å². The second-order valence-electron chi connectivity index (χ2n) is 1.47. The lowest BCUT2D eigenvalue weighted by Gasteiger charge is -2.09. The van der Waals surface area contributed by atoms with E-state index in [4.69, 9.17) is 0 Å². The van der Waals surface area contributed by atoms with Crippen LogP contribution in [0.1, 0.15) is 0 Å². The summed E-state index contributed by atoms with van der Waals surface area (Å²) in [6.07, 6.45) is -9.79. The zero-order chi connectivity index (χ0) is 8.41. The Labute approximate surface area is 52.0 Å². The molecule has 0 heterocycles. The zero-order valence-corrected chi connectivity index (χ0v) is 4.47. The Morgan fingerprint density at radius 1 is 0.900 bits per heavy atom. The first kappa shape index (κ1) is 9.54. The summed E-state index contributed by atoms with van der Waals surface area (Å²) in [4.78, 5) is 0. The van der Waals surface area contributed by atoms with Crippen LogP contribution in [0.4, 0.5) is 26.3 Å². The van der Waals surface area contributed by atoms with Gasteiger partial charge in [-0.15, -0.1) is 0 Å². The van der Waals surface area contributed by atoms with E-state index in [9.17, 15) is 26.3 Å².